The quantitative estimate of drug-likeness (QED) is 0.836. The van der Waals surface area contributed by atoms with E-state index in [4.69, 9.17) is 4.74 Å². The van der Waals surface area contributed by atoms with Crippen molar-refractivity contribution in [3.63, 3.8) is 0 Å². The molecule has 5 nitrogen and oxygen atoms in total. The van der Waals surface area contributed by atoms with Crippen molar-refractivity contribution in [2.75, 3.05) is 44.3 Å². The van der Waals surface area contributed by atoms with Gasteiger partial charge in [-0.1, -0.05) is 30.3 Å². The minimum atomic E-state index is 0.00594. The van der Waals surface area contributed by atoms with Gasteiger partial charge in [-0.05, 0) is 42.9 Å². The summed E-state index contributed by atoms with van der Waals surface area (Å²) in [5, 5.41) is 0. The van der Waals surface area contributed by atoms with Crippen LogP contribution in [-0.4, -0.2) is 55.2 Å². The molecule has 2 aliphatic rings. The summed E-state index contributed by atoms with van der Waals surface area (Å²) in [6.45, 7) is 4.63. The zero-order valence-electron chi connectivity index (χ0n) is 15.7. The molecule has 0 radical (unpaired) electrons. The molecule has 2 saturated heterocycles. The lowest BCUT2D eigenvalue weighted by Crippen LogP contribution is -2.41. The van der Waals surface area contributed by atoms with E-state index in [-0.39, 0.29) is 5.91 Å². The Labute approximate surface area is 161 Å². The van der Waals surface area contributed by atoms with E-state index in [0.29, 0.717) is 32.0 Å². The van der Waals surface area contributed by atoms with Gasteiger partial charge in [0.25, 0.3) is 5.91 Å². The van der Waals surface area contributed by atoms with Crippen LogP contribution in [0.2, 0.25) is 0 Å². The first-order valence-electron chi connectivity index (χ1n) is 9.91. The molecule has 1 amide bonds. The van der Waals surface area contributed by atoms with Crippen LogP contribution in [0.25, 0.3) is 0 Å². The average molecular weight is 365 g/mol. The van der Waals surface area contributed by atoms with Crippen molar-refractivity contribution in [3.05, 3.63) is 59.9 Å². The number of carbonyl (C=O) groups excluding carboxylic acids is 1. The Morgan fingerprint density at radius 2 is 1.74 bits per heavy atom. The van der Waals surface area contributed by atoms with Crippen LogP contribution in [0.1, 0.15) is 28.9 Å². The number of piperidine rings is 1. The smallest absolute Gasteiger partial charge is 0.272 e. The minimum absolute atomic E-state index is 0.00594. The van der Waals surface area contributed by atoms with E-state index in [2.05, 4.69) is 40.2 Å². The zero-order chi connectivity index (χ0) is 18.5. The molecule has 2 aliphatic heterocycles. The summed E-state index contributed by atoms with van der Waals surface area (Å²) >= 11 is 0. The van der Waals surface area contributed by atoms with E-state index < -0.39 is 0 Å². The molecule has 0 saturated carbocycles. The SMILES string of the molecule is O=C(c1ccc(N2CCC(Cc3ccccc3)CC2)cn1)N1CCOCC1. The molecule has 2 aromatic rings. The third kappa shape index (κ3) is 4.48. The van der Waals surface area contributed by atoms with Gasteiger partial charge in [0.15, 0.2) is 0 Å². The first kappa shape index (κ1) is 18.0. The van der Waals surface area contributed by atoms with Crippen LogP contribution in [0.5, 0.6) is 0 Å². The van der Waals surface area contributed by atoms with Gasteiger partial charge in [0.2, 0.25) is 0 Å². The summed E-state index contributed by atoms with van der Waals surface area (Å²) in [5.41, 5.74) is 3.08. The molecule has 0 spiro atoms. The van der Waals surface area contributed by atoms with Gasteiger partial charge in [-0.25, -0.2) is 4.98 Å². The predicted octanol–water partition coefficient (Wildman–Crippen LogP) is 3.01. The standard InChI is InChI=1S/C22H27N3O2/c26-22(25-12-14-27-15-13-25)21-7-6-20(17-23-21)24-10-8-19(9-11-24)16-18-4-2-1-3-5-18/h1-7,17,19H,8-16H2. The van der Waals surface area contributed by atoms with Crippen LogP contribution < -0.4 is 4.90 Å². The molecule has 27 heavy (non-hydrogen) atoms. The molecule has 0 N–H and O–H groups in total. The number of hydrogen-bond donors (Lipinski definition) is 0. The Morgan fingerprint density at radius 3 is 2.41 bits per heavy atom. The molecule has 0 aliphatic carbocycles. The number of benzene rings is 1. The van der Waals surface area contributed by atoms with Crippen molar-refractivity contribution >= 4 is 11.6 Å². The molecular weight excluding hydrogens is 338 g/mol. The Balaban J connectivity index is 1.31. The summed E-state index contributed by atoms with van der Waals surface area (Å²) in [7, 11) is 0. The average Bonchev–Trinajstić information content (AvgIpc) is 2.75. The summed E-state index contributed by atoms with van der Waals surface area (Å²) < 4.78 is 5.31. The highest BCUT2D eigenvalue weighted by Gasteiger charge is 2.22. The first-order valence-corrected chi connectivity index (χ1v) is 9.91. The van der Waals surface area contributed by atoms with Crippen molar-refractivity contribution in [1.82, 2.24) is 9.88 Å². The van der Waals surface area contributed by atoms with Crippen LogP contribution in [0.15, 0.2) is 48.7 Å². The summed E-state index contributed by atoms with van der Waals surface area (Å²) in [6, 6.07) is 14.7. The molecule has 3 heterocycles. The number of amides is 1. The van der Waals surface area contributed by atoms with Crippen molar-refractivity contribution in [2.24, 2.45) is 5.92 Å². The van der Waals surface area contributed by atoms with E-state index in [0.717, 1.165) is 24.7 Å². The maximum Gasteiger partial charge on any atom is 0.272 e. The lowest BCUT2D eigenvalue weighted by atomic mass is 9.90. The van der Waals surface area contributed by atoms with Crippen LogP contribution in [-0.2, 0) is 11.2 Å². The topological polar surface area (TPSA) is 45.7 Å². The second-order valence-electron chi connectivity index (χ2n) is 7.43. The Hall–Kier alpha value is -2.40. The van der Waals surface area contributed by atoms with Gasteiger partial charge in [0, 0.05) is 26.2 Å². The number of pyridine rings is 1. The Kier molecular flexibility index (Phi) is 5.68. The number of ether oxygens (including phenoxy) is 1. The fourth-order valence-corrected chi connectivity index (χ4v) is 3.97. The fraction of sp³-hybridized carbons (Fsp3) is 0.455. The van der Waals surface area contributed by atoms with Gasteiger partial charge >= 0.3 is 0 Å². The number of aromatic nitrogens is 1. The molecule has 0 unspecified atom stereocenters. The second kappa shape index (κ2) is 8.53. The van der Waals surface area contributed by atoms with E-state index in [1.165, 1.54) is 24.8 Å². The van der Waals surface area contributed by atoms with E-state index in [1.54, 1.807) is 0 Å². The molecular formula is C22H27N3O2. The number of rotatable bonds is 4. The molecule has 0 atom stereocenters. The highest BCUT2D eigenvalue weighted by Crippen LogP contribution is 2.25. The maximum absolute atomic E-state index is 12.5. The van der Waals surface area contributed by atoms with Crippen molar-refractivity contribution in [2.45, 2.75) is 19.3 Å². The second-order valence-corrected chi connectivity index (χ2v) is 7.43. The first-order chi connectivity index (χ1) is 13.3. The molecule has 4 rings (SSSR count). The number of carbonyl (C=O) groups is 1. The summed E-state index contributed by atoms with van der Waals surface area (Å²) in [6.07, 6.45) is 5.41. The molecule has 1 aromatic heterocycles. The van der Waals surface area contributed by atoms with Gasteiger partial charge in [-0.3, -0.25) is 4.79 Å². The largest absolute Gasteiger partial charge is 0.378 e. The van der Waals surface area contributed by atoms with Crippen LogP contribution in [0, 0.1) is 5.92 Å². The fourth-order valence-electron chi connectivity index (χ4n) is 3.97. The van der Waals surface area contributed by atoms with Crippen molar-refractivity contribution in [3.8, 4) is 0 Å². The lowest BCUT2D eigenvalue weighted by molar-refractivity contribution is 0.0299. The van der Waals surface area contributed by atoms with Gasteiger partial charge < -0.3 is 14.5 Å². The highest BCUT2D eigenvalue weighted by atomic mass is 16.5. The summed E-state index contributed by atoms with van der Waals surface area (Å²) in [4.78, 5) is 21.1. The lowest BCUT2D eigenvalue weighted by Gasteiger charge is -2.33. The van der Waals surface area contributed by atoms with Gasteiger partial charge in [0.1, 0.15) is 5.69 Å². The number of anilines is 1. The van der Waals surface area contributed by atoms with E-state index >= 15 is 0 Å². The van der Waals surface area contributed by atoms with Crippen molar-refractivity contribution < 1.29 is 9.53 Å². The zero-order valence-corrected chi connectivity index (χ0v) is 15.7. The van der Waals surface area contributed by atoms with Crippen LogP contribution in [0.4, 0.5) is 5.69 Å². The van der Waals surface area contributed by atoms with Crippen LogP contribution in [0.3, 0.4) is 0 Å². The van der Waals surface area contributed by atoms with Gasteiger partial charge in [-0.15, -0.1) is 0 Å². The molecule has 5 heteroatoms. The van der Waals surface area contributed by atoms with E-state index in [1.807, 2.05) is 23.2 Å². The minimum Gasteiger partial charge on any atom is -0.378 e. The third-order valence-corrected chi connectivity index (χ3v) is 5.61. The van der Waals surface area contributed by atoms with Gasteiger partial charge in [0.05, 0.1) is 25.1 Å². The highest BCUT2D eigenvalue weighted by molar-refractivity contribution is 5.92. The molecule has 1 aromatic carbocycles. The van der Waals surface area contributed by atoms with Gasteiger partial charge in [-0.2, -0.15) is 0 Å². The van der Waals surface area contributed by atoms with Crippen molar-refractivity contribution in [1.29, 1.82) is 0 Å². The summed E-state index contributed by atoms with van der Waals surface area (Å²) in [5.74, 6) is 0.755. The third-order valence-electron chi connectivity index (χ3n) is 5.61. The molecule has 0 bridgehead atoms. The molecule has 2 fully saturated rings. The predicted molar refractivity (Wildman–Crippen MR) is 106 cm³/mol. The number of nitrogens with zero attached hydrogens (tertiary/aromatic N) is 3. The maximum atomic E-state index is 12.5. The number of hydrogen-bond acceptors (Lipinski definition) is 4. The van der Waals surface area contributed by atoms with Crippen LogP contribution >= 0.6 is 0 Å². The number of morpholine rings is 1. The normalized spacial score (nSPS) is 18.5. The Bertz CT molecular complexity index is 734. The molecule has 142 valence electrons. The van der Waals surface area contributed by atoms with E-state index in [9.17, 15) is 4.79 Å². The monoisotopic (exact) mass is 365 g/mol. The Morgan fingerprint density at radius 1 is 1.00 bits per heavy atom.